The second kappa shape index (κ2) is 10.0. The fraction of sp³-hybridized carbons (Fsp3) is 0.522. The summed E-state index contributed by atoms with van der Waals surface area (Å²) in [6.07, 6.45) is -0.423. The van der Waals surface area contributed by atoms with Crippen LogP contribution in [-0.4, -0.2) is 63.7 Å². The molecule has 1 fully saturated rings. The molecule has 2 aromatic rings. The van der Waals surface area contributed by atoms with Gasteiger partial charge in [-0.05, 0) is 31.9 Å². The van der Waals surface area contributed by atoms with E-state index in [4.69, 9.17) is 4.74 Å². The number of carbonyl (C=O) groups is 2. The van der Waals surface area contributed by atoms with Crippen LogP contribution in [0.5, 0.6) is 0 Å². The maximum absolute atomic E-state index is 14.0. The van der Waals surface area contributed by atoms with Crippen LogP contribution < -0.4 is 0 Å². The van der Waals surface area contributed by atoms with Crippen LogP contribution in [0, 0.1) is 18.7 Å². The third-order valence-corrected chi connectivity index (χ3v) is 5.25. The minimum atomic E-state index is -0.423. The van der Waals surface area contributed by atoms with E-state index in [1.165, 1.54) is 11.0 Å². The summed E-state index contributed by atoms with van der Waals surface area (Å²) in [4.78, 5) is 29.5. The summed E-state index contributed by atoms with van der Waals surface area (Å²) in [6, 6.07) is 8.20. The molecule has 0 bridgehead atoms. The molecule has 0 aliphatic carbocycles. The van der Waals surface area contributed by atoms with Gasteiger partial charge in [0.15, 0.2) is 0 Å². The quantitative estimate of drug-likeness (QED) is 0.678. The van der Waals surface area contributed by atoms with Crippen molar-refractivity contribution in [1.82, 2.24) is 19.6 Å². The van der Waals surface area contributed by atoms with Crippen LogP contribution in [0.4, 0.5) is 4.39 Å². The topological polar surface area (TPSA) is 67.7 Å². The van der Waals surface area contributed by atoms with Gasteiger partial charge < -0.3 is 14.5 Å². The first kappa shape index (κ1) is 22.9. The molecule has 1 aliphatic rings. The second-order valence-corrected chi connectivity index (χ2v) is 8.39. The first-order chi connectivity index (χ1) is 14.8. The Hall–Kier alpha value is -2.74. The minimum Gasteiger partial charge on any atom is -0.370 e. The second-order valence-electron chi connectivity index (χ2n) is 8.39. The van der Waals surface area contributed by atoms with E-state index in [9.17, 15) is 14.0 Å². The van der Waals surface area contributed by atoms with Crippen molar-refractivity contribution in [1.29, 1.82) is 0 Å². The number of halogens is 1. The molecular formula is C23H31FN4O3. The smallest absolute Gasteiger partial charge is 0.272 e. The van der Waals surface area contributed by atoms with Gasteiger partial charge in [-0.1, -0.05) is 32.0 Å². The van der Waals surface area contributed by atoms with Crippen LogP contribution in [-0.2, 0) is 22.7 Å². The zero-order valence-electron chi connectivity index (χ0n) is 18.7. The molecule has 1 saturated heterocycles. The van der Waals surface area contributed by atoms with Crippen LogP contribution in [0.1, 0.15) is 42.5 Å². The number of carbonyl (C=O) groups excluding carboxylic acids is 2. The lowest BCUT2D eigenvalue weighted by molar-refractivity contribution is -0.132. The van der Waals surface area contributed by atoms with Gasteiger partial charge in [0.05, 0.1) is 18.4 Å². The first-order valence-electron chi connectivity index (χ1n) is 10.7. The number of rotatable bonds is 7. The molecule has 0 N–H and O–H groups in total. The summed E-state index contributed by atoms with van der Waals surface area (Å²) in [7, 11) is 0. The number of amides is 2. The third kappa shape index (κ3) is 5.70. The first-order valence-corrected chi connectivity index (χ1v) is 10.7. The summed E-state index contributed by atoms with van der Waals surface area (Å²) >= 11 is 0. The predicted octanol–water partition coefficient (Wildman–Crippen LogP) is 2.88. The van der Waals surface area contributed by atoms with Crippen molar-refractivity contribution in [3.8, 4) is 0 Å². The van der Waals surface area contributed by atoms with Gasteiger partial charge >= 0.3 is 0 Å². The predicted molar refractivity (Wildman–Crippen MR) is 115 cm³/mol. The number of aryl methyl sites for hydroxylation is 2. The van der Waals surface area contributed by atoms with Crippen molar-refractivity contribution in [2.45, 2.75) is 47.0 Å². The van der Waals surface area contributed by atoms with E-state index in [2.05, 4.69) is 5.10 Å². The van der Waals surface area contributed by atoms with E-state index in [1.54, 1.807) is 33.8 Å². The Labute approximate surface area is 182 Å². The fourth-order valence-corrected chi connectivity index (χ4v) is 3.80. The number of hydrogen-bond acceptors (Lipinski definition) is 4. The van der Waals surface area contributed by atoms with Crippen molar-refractivity contribution < 1.29 is 18.7 Å². The molecule has 8 heteroatoms. The van der Waals surface area contributed by atoms with Crippen molar-refractivity contribution in [2.24, 2.45) is 5.92 Å². The van der Waals surface area contributed by atoms with Crippen molar-refractivity contribution >= 4 is 11.8 Å². The Kier molecular flexibility index (Phi) is 7.43. The summed E-state index contributed by atoms with van der Waals surface area (Å²) in [6.45, 7) is 9.65. The maximum Gasteiger partial charge on any atom is 0.272 e. The van der Waals surface area contributed by atoms with Crippen LogP contribution >= 0.6 is 0 Å². The number of ether oxygens (including phenoxy) is 1. The molecule has 3 rings (SSSR count). The molecule has 1 aliphatic heterocycles. The number of hydrogen-bond donors (Lipinski definition) is 0. The van der Waals surface area contributed by atoms with Crippen LogP contribution in [0.3, 0.4) is 0 Å². The SMILES string of the molecule is CCn1nc(C)cc1C(=O)N1CC(=O)N(CC(C)C)C[C@H](OCc2ccccc2F)C1. The maximum atomic E-state index is 14.0. The lowest BCUT2D eigenvalue weighted by atomic mass is 10.2. The lowest BCUT2D eigenvalue weighted by Gasteiger charge is -2.26. The number of benzene rings is 1. The Bertz CT molecular complexity index is 927. The highest BCUT2D eigenvalue weighted by Gasteiger charge is 2.32. The van der Waals surface area contributed by atoms with E-state index in [-0.39, 0.29) is 43.2 Å². The van der Waals surface area contributed by atoms with E-state index < -0.39 is 6.10 Å². The molecule has 168 valence electrons. The van der Waals surface area contributed by atoms with Crippen LogP contribution in [0.25, 0.3) is 0 Å². The minimum absolute atomic E-state index is 0.0148. The molecule has 0 saturated carbocycles. The summed E-state index contributed by atoms with van der Waals surface area (Å²) < 4.78 is 21.7. The van der Waals surface area contributed by atoms with Gasteiger partial charge in [0.1, 0.15) is 18.1 Å². The molecule has 7 nitrogen and oxygen atoms in total. The van der Waals surface area contributed by atoms with Gasteiger partial charge in [-0.15, -0.1) is 0 Å². The number of nitrogens with zero attached hydrogens (tertiary/aromatic N) is 4. The highest BCUT2D eigenvalue weighted by atomic mass is 19.1. The molecule has 2 amide bonds. The van der Waals surface area contributed by atoms with Gasteiger partial charge in [0, 0.05) is 31.7 Å². The zero-order chi connectivity index (χ0) is 22.5. The van der Waals surface area contributed by atoms with Crippen molar-refractivity contribution in [3.63, 3.8) is 0 Å². The molecule has 0 radical (unpaired) electrons. The van der Waals surface area contributed by atoms with Gasteiger partial charge in [0.25, 0.3) is 5.91 Å². The highest BCUT2D eigenvalue weighted by molar-refractivity contribution is 5.95. The Morgan fingerprint density at radius 1 is 1.29 bits per heavy atom. The fourth-order valence-electron chi connectivity index (χ4n) is 3.80. The van der Waals surface area contributed by atoms with E-state index in [1.807, 2.05) is 27.7 Å². The largest absolute Gasteiger partial charge is 0.370 e. The van der Waals surface area contributed by atoms with Crippen molar-refractivity contribution in [3.05, 3.63) is 53.1 Å². The Morgan fingerprint density at radius 2 is 2.03 bits per heavy atom. The zero-order valence-corrected chi connectivity index (χ0v) is 18.7. The Balaban J connectivity index is 1.81. The molecule has 1 aromatic heterocycles. The van der Waals surface area contributed by atoms with Crippen molar-refractivity contribution in [2.75, 3.05) is 26.2 Å². The monoisotopic (exact) mass is 430 g/mol. The van der Waals surface area contributed by atoms with E-state index >= 15 is 0 Å². The molecule has 0 spiro atoms. The van der Waals surface area contributed by atoms with E-state index in [0.29, 0.717) is 30.9 Å². The molecule has 31 heavy (non-hydrogen) atoms. The van der Waals surface area contributed by atoms with Gasteiger partial charge in [-0.25, -0.2) is 4.39 Å². The Morgan fingerprint density at radius 3 is 2.71 bits per heavy atom. The van der Waals surface area contributed by atoms with Crippen LogP contribution in [0.2, 0.25) is 0 Å². The van der Waals surface area contributed by atoms with E-state index in [0.717, 1.165) is 5.69 Å². The lowest BCUT2D eigenvalue weighted by Crippen LogP contribution is -2.41. The third-order valence-electron chi connectivity index (χ3n) is 5.25. The summed E-state index contributed by atoms with van der Waals surface area (Å²) in [5.74, 6) is -0.413. The normalized spacial score (nSPS) is 17.4. The molecule has 1 atom stereocenters. The molecule has 1 aromatic carbocycles. The van der Waals surface area contributed by atoms with Crippen LogP contribution in [0.15, 0.2) is 30.3 Å². The molecule has 2 heterocycles. The summed E-state index contributed by atoms with van der Waals surface area (Å²) in [5, 5.41) is 4.35. The number of aromatic nitrogens is 2. The van der Waals surface area contributed by atoms with Gasteiger partial charge in [-0.2, -0.15) is 5.10 Å². The van der Waals surface area contributed by atoms with Gasteiger partial charge in [-0.3, -0.25) is 14.3 Å². The summed E-state index contributed by atoms with van der Waals surface area (Å²) in [5.41, 5.74) is 1.66. The highest BCUT2D eigenvalue weighted by Crippen LogP contribution is 2.17. The standard InChI is InChI=1S/C23H31FN4O3/c1-5-28-21(10-17(4)25-28)23(30)27-13-19(12-26(11-16(2)3)22(29)14-27)31-15-18-8-6-7-9-20(18)24/h6-10,16,19H,5,11-15H2,1-4H3/t19-/m0/s1. The molecule has 0 unspecified atom stereocenters. The molecular weight excluding hydrogens is 399 g/mol. The average molecular weight is 431 g/mol. The van der Waals surface area contributed by atoms with Gasteiger partial charge in [0.2, 0.25) is 5.91 Å². The average Bonchev–Trinajstić information content (AvgIpc) is 3.03.